The SMILES string of the molecule is CCc1ccccc1NC(=O)CN(C)C(=O)[C@@H](C)SCCN(C)C. The maximum Gasteiger partial charge on any atom is 0.243 e. The van der Waals surface area contributed by atoms with Crippen LogP contribution in [0.25, 0.3) is 0 Å². The molecule has 5 nitrogen and oxygen atoms in total. The summed E-state index contributed by atoms with van der Waals surface area (Å²) in [6.07, 6.45) is 0.852. The predicted octanol–water partition coefficient (Wildman–Crippen LogP) is 2.33. The fraction of sp³-hybridized carbons (Fsp3) is 0.556. The zero-order valence-electron chi connectivity index (χ0n) is 15.3. The van der Waals surface area contributed by atoms with Crippen molar-refractivity contribution in [3.8, 4) is 0 Å². The minimum Gasteiger partial charge on any atom is -0.335 e. The molecule has 24 heavy (non-hydrogen) atoms. The molecule has 0 saturated heterocycles. The third-order valence-corrected chi connectivity index (χ3v) is 4.80. The van der Waals surface area contributed by atoms with Gasteiger partial charge in [-0.3, -0.25) is 9.59 Å². The number of hydrogen-bond donors (Lipinski definition) is 1. The second-order valence-corrected chi connectivity index (χ2v) is 7.52. The number of hydrogen-bond acceptors (Lipinski definition) is 4. The monoisotopic (exact) mass is 351 g/mol. The summed E-state index contributed by atoms with van der Waals surface area (Å²) in [5.41, 5.74) is 1.91. The van der Waals surface area contributed by atoms with E-state index in [2.05, 4.69) is 10.2 Å². The average Bonchev–Trinajstić information content (AvgIpc) is 2.53. The van der Waals surface area contributed by atoms with Gasteiger partial charge in [0.1, 0.15) is 0 Å². The second-order valence-electron chi connectivity index (χ2n) is 6.07. The van der Waals surface area contributed by atoms with E-state index >= 15 is 0 Å². The van der Waals surface area contributed by atoms with E-state index in [9.17, 15) is 9.59 Å². The van der Waals surface area contributed by atoms with Gasteiger partial charge in [-0.05, 0) is 39.1 Å². The van der Waals surface area contributed by atoms with Crippen LogP contribution in [0, 0.1) is 0 Å². The first-order valence-corrected chi connectivity index (χ1v) is 9.29. The molecule has 0 fully saturated rings. The van der Waals surface area contributed by atoms with Gasteiger partial charge in [-0.25, -0.2) is 0 Å². The molecule has 2 amide bonds. The molecule has 134 valence electrons. The van der Waals surface area contributed by atoms with Crippen molar-refractivity contribution < 1.29 is 9.59 Å². The van der Waals surface area contributed by atoms with Crippen molar-refractivity contribution in [3.63, 3.8) is 0 Å². The molecule has 1 aromatic carbocycles. The van der Waals surface area contributed by atoms with Gasteiger partial charge in [-0.15, -0.1) is 11.8 Å². The number of likely N-dealkylation sites (N-methyl/N-ethyl adjacent to an activating group) is 1. The molecule has 0 radical (unpaired) electrons. The van der Waals surface area contributed by atoms with Crippen molar-refractivity contribution in [2.45, 2.75) is 25.5 Å². The molecule has 0 aliphatic carbocycles. The van der Waals surface area contributed by atoms with E-state index in [-0.39, 0.29) is 23.6 Å². The first kappa shape index (κ1) is 20.5. The minimum absolute atomic E-state index is 0.0160. The highest BCUT2D eigenvalue weighted by molar-refractivity contribution is 8.00. The van der Waals surface area contributed by atoms with E-state index in [1.165, 1.54) is 4.90 Å². The number of para-hydroxylation sites is 1. The predicted molar refractivity (Wildman–Crippen MR) is 103 cm³/mol. The lowest BCUT2D eigenvalue weighted by Crippen LogP contribution is -2.39. The lowest BCUT2D eigenvalue weighted by molar-refractivity contribution is -0.132. The summed E-state index contributed by atoms with van der Waals surface area (Å²) in [5, 5.41) is 2.75. The minimum atomic E-state index is -0.169. The topological polar surface area (TPSA) is 52.7 Å². The number of rotatable bonds is 9. The zero-order chi connectivity index (χ0) is 18.1. The van der Waals surface area contributed by atoms with Crippen LogP contribution in [0.5, 0.6) is 0 Å². The van der Waals surface area contributed by atoms with Crippen molar-refractivity contribution in [2.24, 2.45) is 0 Å². The van der Waals surface area contributed by atoms with Gasteiger partial charge in [-0.1, -0.05) is 25.1 Å². The van der Waals surface area contributed by atoms with Crippen LogP contribution in [0.4, 0.5) is 5.69 Å². The molecule has 0 aromatic heterocycles. The Balaban J connectivity index is 2.49. The average molecular weight is 352 g/mol. The van der Waals surface area contributed by atoms with Gasteiger partial charge >= 0.3 is 0 Å². The van der Waals surface area contributed by atoms with Crippen molar-refractivity contribution in [3.05, 3.63) is 29.8 Å². The standard InChI is InChI=1S/C18H29N3O2S/c1-6-15-9-7-8-10-16(15)19-17(22)13-21(5)18(23)14(2)24-12-11-20(3)4/h7-10,14H,6,11-13H2,1-5H3,(H,19,22)/t14-/m1/s1. The van der Waals surface area contributed by atoms with E-state index in [1.54, 1.807) is 18.8 Å². The number of nitrogens with zero attached hydrogens (tertiary/aromatic N) is 2. The molecule has 1 N–H and O–H groups in total. The van der Waals surface area contributed by atoms with Gasteiger partial charge in [0.15, 0.2) is 0 Å². The highest BCUT2D eigenvalue weighted by Gasteiger charge is 2.20. The van der Waals surface area contributed by atoms with E-state index in [0.29, 0.717) is 0 Å². The highest BCUT2D eigenvalue weighted by Crippen LogP contribution is 2.16. The molecule has 0 heterocycles. The third-order valence-electron chi connectivity index (χ3n) is 3.68. The number of anilines is 1. The molecule has 0 spiro atoms. The van der Waals surface area contributed by atoms with Crippen LogP contribution in [-0.4, -0.2) is 66.8 Å². The molecule has 6 heteroatoms. The van der Waals surface area contributed by atoms with E-state index in [4.69, 9.17) is 0 Å². The number of benzene rings is 1. The zero-order valence-corrected chi connectivity index (χ0v) is 16.2. The summed E-state index contributed by atoms with van der Waals surface area (Å²) < 4.78 is 0. The quantitative estimate of drug-likeness (QED) is 0.742. The van der Waals surface area contributed by atoms with E-state index < -0.39 is 0 Å². The Morgan fingerprint density at radius 2 is 1.88 bits per heavy atom. The molecule has 1 rings (SSSR count). The Labute approximate surface area is 149 Å². The highest BCUT2D eigenvalue weighted by atomic mass is 32.2. The molecule has 0 unspecified atom stereocenters. The number of carbonyl (C=O) groups is 2. The van der Waals surface area contributed by atoms with Crippen LogP contribution >= 0.6 is 11.8 Å². The first-order valence-electron chi connectivity index (χ1n) is 8.24. The van der Waals surface area contributed by atoms with Gasteiger partial charge in [0, 0.05) is 25.0 Å². The fourth-order valence-corrected chi connectivity index (χ4v) is 3.37. The van der Waals surface area contributed by atoms with Gasteiger partial charge < -0.3 is 15.1 Å². The number of nitrogens with one attached hydrogen (secondary N) is 1. The molecular formula is C18H29N3O2S. The summed E-state index contributed by atoms with van der Waals surface area (Å²) >= 11 is 1.61. The van der Waals surface area contributed by atoms with Crippen molar-refractivity contribution in [2.75, 3.05) is 45.3 Å². The Morgan fingerprint density at radius 1 is 1.21 bits per heavy atom. The molecular weight excluding hydrogens is 322 g/mol. The molecule has 1 aromatic rings. The first-order chi connectivity index (χ1) is 11.3. The van der Waals surface area contributed by atoms with Crippen LogP contribution in [-0.2, 0) is 16.0 Å². The summed E-state index contributed by atoms with van der Waals surface area (Å²) in [5.74, 6) is 0.707. The van der Waals surface area contributed by atoms with E-state index in [0.717, 1.165) is 30.0 Å². The molecule has 0 aliphatic rings. The summed E-state index contributed by atoms with van der Waals surface area (Å²) in [6.45, 7) is 4.94. The fourth-order valence-electron chi connectivity index (χ4n) is 2.23. The van der Waals surface area contributed by atoms with Crippen molar-refractivity contribution >= 4 is 29.3 Å². The smallest absolute Gasteiger partial charge is 0.243 e. The second kappa shape index (κ2) is 10.4. The Bertz CT molecular complexity index is 549. The van der Waals surface area contributed by atoms with Crippen LogP contribution in [0.15, 0.2) is 24.3 Å². The van der Waals surface area contributed by atoms with Crippen LogP contribution in [0.1, 0.15) is 19.4 Å². The molecule has 0 saturated carbocycles. The Morgan fingerprint density at radius 3 is 2.50 bits per heavy atom. The molecule has 0 bridgehead atoms. The molecule has 0 aliphatic heterocycles. The number of thioether (sulfide) groups is 1. The van der Waals surface area contributed by atoms with Crippen molar-refractivity contribution in [1.82, 2.24) is 9.80 Å². The van der Waals surface area contributed by atoms with Crippen LogP contribution < -0.4 is 5.32 Å². The normalized spacial score (nSPS) is 12.1. The summed E-state index contributed by atoms with van der Waals surface area (Å²) in [7, 11) is 5.70. The number of amides is 2. The summed E-state index contributed by atoms with van der Waals surface area (Å²) in [4.78, 5) is 28.1. The van der Waals surface area contributed by atoms with Gasteiger partial charge in [0.2, 0.25) is 11.8 Å². The lowest BCUT2D eigenvalue weighted by atomic mass is 10.1. The third kappa shape index (κ3) is 6.93. The molecule has 1 atom stereocenters. The largest absolute Gasteiger partial charge is 0.335 e. The van der Waals surface area contributed by atoms with Crippen molar-refractivity contribution in [1.29, 1.82) is 0 Å². The summed E-state index contributed by atoms with van der Waals surface area (Å²) in [6, 6.07) is 7.73. The maximum atomic E-state index is 12.3. The number of carbonyl (C=O) groups excluding carboxylic acids is 2. The Kier molecular flexibility index (Phi) is 8.85. The van der Waals surface area contributed by atoms with E-state index in [1.807, 2.05) is 52.2 Å². The van der Waals surface area contributed by atoms with Gasteiger partial charge in [0.05, 0.1) is 11.8 Å². The Hall–Kier alpha value is -1.53. The van der Waals surface area contributed by atoms with Crippen LogP contribution in [0.3, 0.4) is 0 Å². The lowest BCUT2D eigenvalue weighted by Gasteiger charge is -2.21. The van der Waals surface area contributed by atoms with Crippen LogP contribution in [0.2, 0.25) is 0 Å². The van der Waals surface area contributed by atoms with Gasteiger partial charge in [-0.2, -0.15) is 0 Å². The number of aryl methyl sites for hydroxylation is 1. The van der Waals surface area contributed by atoms with Gasteiger partial charge in [0.25, 0.3) is 0 Å². The maximum absolute atomic E-state index is 12.3.